The normalized spacial score (nSPS) is 23.7. The van der Waals surface area contributed by atoms with Gasteiger partial charge in [-0.2, -0.15) is 0 Å². The summed E-state index contributed by atoms with van der Waals surface area (Å²) in [7, 11) is 0. The number of morpholine rings is 1. The summed E-state index contributed by atoms with van der Waals surface area (Å²) in [4.78, 5) is 13.3. The lowest BCUT2D eigenvalue weighted by atomic mass is 10.1. The number of hydrogen-bond donors (Lipinski definition) is 0. The summed E-state index contributed by atoms with van der Waals surface area (Å²) in [5.74, 6) is -0.423. The van der Waals surface area contributed by atoms with Crippen LogP contribution in [0.5, 0.6) is 0 Å². The minimum atomic E-state index is -1.77. The molecule has 0 aromatic carbocycles. The first kappa shape index (κ1) is 11.4. The molecule has 1 heterocycles. The minimum absolute atomic E-state index is 0.0336. The average Bonchev–Trinajstić information content (AvgIpc) is 2.15. The molecule has 0 aliphatic carbocycles. The monoisotopic (exact) mass is 203 g/mol. The molecule has 1 aliphatic rings. The van der Waals surface area contributed by atoms with E-state index in [0.29, 0.717) is 19.8 Å². The lowest BCUT2D eigenvalue weighted by Gasteiger charge is -2.37. The van der Waals surface area contributed by atoms with Gasteiger partial charge in [0.15, 0.2) is 5.67 Å². The van der Waals surface area contributed by atoms with Crippen LogP contribution >= 0.6 is 0 Å². The number of carbonyl (C=O) groups excluding carboxylic acids is 1. The zero-order chi connectivity index (χ0) is 10.8. The van der Waals surface area contributed by atoms with E-state index in [0.717, 1.165) is 6.42 Å². The fourth-order valence-electron chi connectivity index (χ4n) is 1.60. The third-order valence-corrected chi connectivity index (χ3v) is 2.47. The number of nitrogens with zero attached hydrogens (tertiary/aromatic N) is 1. The van der Waals surface area contributed by atoms with Crippen molar-refractivity contribution in [1.82, 2.24) is 4.90 Å². The van der Waals surface area contributed by atoms with E-state index in [9.17, 15) is 9.18 Å². The predicted molar refractivity (Wildman–Crippen MR) is 51.8 cm³/mol. The molecule has 1 amide bonds. The third-order valence-electron chi connectivity index (χ3n) is 2.47. The van der Waals surface area contributed by atoms with Crippen LogP contribution in [-0.2, 0) is 9.53 Å². The van der Waals surface area contributed by atoms with Crippen LogP contribution in [0.15, 0.2) is 0 Å². The molecule has 1 atom stereocenters. The van der Waals surface area contributed by atoms with Crippen LogP contribution < -0.4 is 0 Å². The van der Waals surface area contributed by atoms with Gasteiger partial charge in [-0.3, -0.25) is 4.79 Å². The molecule has 82 valence electrons. The van der Waals surface area contributed by atoms with Crippen molar-refractivity contribution in [3.63, 3.8) is 0 Å². The van der Waals surface area contributed by atoms with E-state index in [1.54, 1.807) is 4.90 Å². The van der Waals surface area contributed by atoms with Crippen LogP contribution in [0, 0.1) is 0 Å². The Morgan fingerprint density at radius 2 is 2.29 bits per heavy atom. The average molecular weight is 203 g/mol. The molecule has 0 saturated carbocycles. The highest BCUT2D eigenvalue weighted by atomic mass is 19.1. The molecule has 1 unspecified atom stereocenters. The summed E-state index contributed by atoms with van der Waals surface area (Å²) in [6, 6.07) is 0.0336. The fourth-order valence-corrected chi connectivity index (χ4v) is 1.60. The highest BCUT2D eigenvalue weighted by Crippen LogP contribution is 2.18. The molecule has 3 nitrogen and oxygen atoms in total. The van der Waals surface area contributed by atoms with E-state index in [1.165, 1.54) is 13.8 Å². The zero-order valence-corrected chi connectivity index (χ0v) is 9.05. The second kappa shape index (κ2) is 4.26. The molecule has 1 aliphatic heterocycles. The van der Waals surface area contributed by atoms with Gasteiger partial charge >= 0.3 is 0 Å². The molecule has 0 N–H and O–H groups in total. The number of rotatable bonds is 2. The molecule has 0 aromatic heterocycles. The van der Waals surface area contributed by atoms with Gasteiger partial charge in [-0.05, 0) is 20.3 Å². The van der Waals surface area contributed by atoms with Crippen molar-refractivity contribution in [3.05, 3.63) is 0 Å². The predicted octanol–water partition coefficient (Wildman–Crippen LogP) is 1.37. The van der Waals surface area contributed by atoms with Gasteiger partial charge in [-0.1, -0.05) is 6.92 Å². The second-order valence-electron chi connectivity index (χ2n) is 4.11. The van der Waals surface area contributed by atoms with Gasteiger partial charge in [0, 0.05) is 6.54 Å². The summed E-state index contributed by atoms with van der Waals surface area (Å²) in [5, 5.41) is 0. The topological polar surface area (TPSA) is 29.5 Å². The second-order valence-corrected chi connectivity index (χ2v) is 4.11. The van der Waals surface area contributed by atoms with Crippen LogP contribution in [0.4, 0.5) is 4.39 Å². The van der Waals surface area contributed by atoms with Gasteiger partial charge < -0.3 is 9.64 Å². The summed E-state index contributed by atoms with van der Waals surface area (Å²) in [6.45, 7) is 6.13. The van der Waals surface area contributed by atoms with Crippen molar-refractivity contribution in [2.24, 2.45) is 0 Å². The van der Waals surface area contributed by atoms with Crippen LogP contribution in [0.3, 0.4) is 0 Å². The van der Waals surface area contributed by atoms with Crippen molar-refractivity contribution in [2.45, 2.75) is 38.9 Å². The molecule has 14 heavy (non-hydrogen) atoms. The van der Waals surface area contributed by atoms with E-state index >= 15 is 0 Å². The first-order valence-corrected chi connectivity index (χ1v) is 5.04. The van der Waals surface area contributed by atoms with Gasteiger partial charge in [0.2, 0.25) is 0 Å². The van der Waals surface area contributed by atoms with Crippen molar-refractivity contribution >= 4 is 5.91 Å². The van der Waals surface area contributed by atoms with Gasteiger partial charge in [-0.15, -0.1) is 0 Å². The number of amides is 1. The van der Waals surface area contributed by atoms with Crippen molar-refractivity contribution in [3.8, 4) is 0 Å². The molecule has 0 bridgehead atoms. The van der Waals surface area contributed by atoms with E-state index in [-0.39, 0.29) is 6.04 Å². The summed E-state index contributed by atoms with van der Waals surface area (Å²) < 4.78 is 18.7. The molecule has 4 heteroatoms. The van der Waals surface area contributed by atoms with Crippen molar-refractivity contribution in [1.29, 1.82) is 0 Å². The molecular formula is C10H18FNO2. The Labute approximate surface area is 84.2 Å². The Kier molecular flexibility index (Phi) is 3.48. The summed E-state index contributed by atoms with van der Waals surface area (Å²) in [5.41, 5.74) is -1.77. The SMILES string of the molecule is CCC1COCCN1C(=O)C(C)(C)F. The minimum Gasteiger partial charge on any atom is -0.377 e. The molecule has 1 saturated heterocycles. The lowest BCUT2D eigenvalue weighted by Crippen LogP contribution is -2.53. The van der Waals surface area contributed by atoms with Crippen LogP contribution in [0.25, 0.3) is 0 Å². The Morgan fingerprint density at radius 3 is 2.79 bits per heavy atom. The van der Waals surface area contributed by atoms with E-state index in [1.807, 2.05) is 6.92 Å². The van der Waals surface area contributed by atoms with E-state index < -0.39 is 11.6 Å². The maximum atomic E-state index is 13.4. The third kappa shape index (κ3) is 2.44. The Balaban J connectivity index is 2.69. The Hall–Kier alpha value is -0.640. The Morgan fingerprint density at radius 1 is 1.64 bits per heavy atom. The van der Waals surface area contributed by atoms with Crippen LogP contribution in [0.2, 0.25) is 0 Å². The molecule has 0 spiro atoms. The van der Waals surface area contributed by atoms with Gasteiger partial charge in [0.1, 0.15) is 0 Å². The summed E-state index contributed by atoms with van der Waals surface area (Å²) >= 11 is 0. The first-order chi connectivity index (χ1) is 6.46. The van der Waals surface area contributed by atoms with Crippen molar-refractivity contribution in [2.75, 3.05) is 19.8 Å². The molecule has 0 aromatic rings. The largest absolute Gasteiger partial charge is 0.377 e. The zero-order valence-electron chi connectivity index (χ0n) is 9.05. The van der Waals surface area contributed by atoms with Crippen LogP contribution in [0.1, 0.15) is 27.2 Å². The first-order valence-electron chi connectivity index (χ1n) is 5.04. The molecular weight excluding hydrogens is 185 g/mol. The van der Waals surface area contributed by atoms with Gasteiger partial charge in [-0.25, -0.2) is 4.39 Å². The fraction of sp³-hybridized carbons (Fsp3) is 0.900. The highest BCUT2D eigenvalue weighted by Gasteiger charge is 2.36. The number of halogens is 1. The van der Waals surface area contributed by atoms with Crippen molar-refractivity contribution < 1.29 is 13.9 Å². The van der Waals surface area contributed by atoms with Gasteiger partial charge in [0.05, 0.1) is 19.3 Å². The number of ether oxygens (including phenoxy) is 1. The van der Waals surface area contributed by atoms with E-state index in [4.69, 9.17) is 4.74 Å². The molecule has 0 radical (unpaired) electrons. The summed E-state index contributed by atoms with van der Waals surface area (Å²) in [6.07, 6.45) is 0.807. The number of carbonyl (C=O) groups is 1. The smallest absolute Gasteiger partial charge is 0.260 e. The van der Waals surface area contributed by atoms with Gasteiger partial charge in [0.25, 0.3) is 5.91 Å². The molecule has 1 fully saturated rings. The quantitative estimate of drug-likeness (QED) is 0.678. The number of alkyl halides is 1. The highest BCUT2D eigenvalue weighted by molar-refractivity contribution is 5.84. The van der Waals surface area contributed by atoms with Crippen LogP contribution in [-0.4, -0.2) is 42.3 Å². The maximum absolute atomic E-state index is 13.4. The molecule has 1 rings (SSSR count). The standard InChI is InChI=1S/C10H18FNO2/c1-4-8-7-14-6-5-12(8)9(13)10(2,3)11/h8H,4-7H2,1-3H3. The lowest BCUT2D eigenvalue weighted by molar-refractivity contribution is -0.150. The Bertz CT molecular complexity index is 213. The maximum Gasteiger partial charge on any atom is 0.260 e. The number of hydrogen-bond acceptors (Lipinski definition) is 2. The van der Waals surface area contributed by atoms with E-state index in [2.05, 4.69) is 0 Å².